The Morgan fingerprint density at radius 3 is 2.81 bits per heavy atom. The topological polar surface area (TPSA) is 48.0 Å². The van der Waals surface area contributed by atoms with Crippen LogP contribution in [-0.4, -0.2) is 44.3 Å². The smallest absolute Gasteiger partial charge is 0.338 e. The molecule has 2 aromatic carbocycles. The molecular formula is C22H25NO4. The predicted octanol–water partition coefficient (Wildman–Crippen LogP) is 3.31. The summed E-state index contributed by atoms with van der Waals surface area (Å²) in [7, 11) is 1.43. The summed E-state index contributed by atoms with van der Waals surface area (Å²) in [5.41, 5.74) is 3.01. The first-order chi connectivity index (χ1) is 13.2. The Labute approximate surface area is 159 Å². The lowest BCUT2D eigenvalue weighted by Gasteiger charge is -2.21. The summed E-state index contributed by atoms with van der Waals surface area (Å²) in [6.45, 7) is 4.24. The van der Waals surface area contributed by atoms with Crippen molar-refractivity contribution in [3.8, 4) is 11.5 Å². The molecule has 0 amide bonds. The minimum atomic E-state index is -0.253. The molecule has 2 aromatic rings. The molecule has 2 aliphatic heterocycles. The van der Waals surface area contributed by atoms with Gasteiger partial charge in [-0.2, -0.15) is 0 Å². The van der Waals surface area contributed by atoms with E-state index in [1.165, 1.54) is 12.7 Å². The van der Waals surface area contributed by atoms with Crippen molar-refractivity contribution >= 4 is 5.97 Å². The molecule has 4 rings (SSSR count). The summed E-state index contributed by atoms with van der Waals surface area (Å²) in [6.07, 6.45) is 2.04. The number of benzene rings is 2. The maximum atomic E-state index is 12.0. The minimum absolute atomic E-state index is 0.253. The summed E-state index contributed by atoms with van der Waals surface area (Å²) in [5.74, 6) is 1.98. The maximum absolute atomic E-state index is 12.0. The molecule has 5 heteroatoms. The van der Waals surface area contributed by atoms with E-state index in [4.69, 9.17) is 14.2 Å². The molecule has 0 N–H and O–H groups in total. The Balaban J connectivity index is 1.38. The monoisotopic (exact) mass is 367 g/mol. The van der Waals surface area contributed by atoms with Crippen molar-refractivity contribution in [1.82, 2.24) is 4.90 Å². The molecule has 142 valence electrons. The fraction of sp³-hybridized carbons (Fsp3) is 0.409. The van der Waals surface area contributed by atoms with Crippen LogP contribution in [0, 0.1) is 5.92 Å². The second-order valence-electron chi connectivity index (χ2n) is 7.22. The van der Waals surface area contributed by atoms with Gasteiger partial charge in [0.1, 0.15) is 13.2 Å². The number of likely N-dealkylation sites (tertiary alicyclic amines) is 1. The highest BCUT2D eigenvalue weighted by Gasteiger charge is 2.25. The van der Waals surface area contributed by atoms with Gasteiger partial charge in [0, 0.05) is 13.1 Å². The van der Waals surface area contributed by atoms with Crippen molar-refractivity contribution in [2.24, 2.45) is 5.92 Å². The van der Waals surface area contributed by atoms with Crippen LogP contribution >= 0.6 is 0 Å². The van der Waals surface area contributed by atoms with Gasteiger partial charge in [0.15, 0.2) is 11.5 Å². The van der Waals surface area contributed by atoms with Crippen LogP contribution in [0.5, 0.6) is 11.5 Å². The van der Waals surface area contributed by atoms with Crippen molar-refractivity contribution in [2.45, 2.75) is 19.4 Å². The molecule has 0 aromatic heterocycles. The molecule has 27 heavy (non-hydrogen) atoms. The number of carbonyl (C=O) groups is 1. The third-order valence-electron chi connectivity index (χ3n) is 5.31. The van der Waals surface area contributed by atoms with E-state index < -0.39 is 0 Å². The Kier molecular flexibility index (Phi) is 5.30. The average Bonchev–Trinajstić information content (AvgIpc) is 3.14. The second kappa shape index (κ2) is 8.01. The van der Waals surface area contributed by atoms with Crippen molar-refractivity contribution in [1.29, 1.82) is 0 Å². The number of hydrogen-bond donors (Lipinski definition) is 0. The van der Waals surface area contributed by atoms with Crippen molar-refractivity contribution < 1.29 is 19.0 Å². The maximum Gasteiger partial charge on any atom is 0.338 e. The average molecular weight is 367 g/mol. The molecule has 5 nitrogen and oxygen atoms in total. The Morgan fingerprint density at radius 2 is 1.96 bits per heavy atom. The van der Waals surface area contributed by atoms with Crippen LogP contribution in [0.15, 0.2) is 42.5 Å². The predicted molar refractivity (Wildman–Crippen MR) is 102 cm³/mol. The van der Waals surface area contributed by atoms with Crippen molar-refractivity contribution in [3.05, 3.63) is 59.2 Å². The SMILES string of the molecule is COC(=O)c1ccccc1CC1CCN(Cc2ccc3c(c2)OCCO3)C1. The third kappa shape index (κ3) is 4.08. The van der Waals surface area contributed by atoms with Crippen molar-refractivity contribution in [2.75, 3.05) is 33.4 Å². The van der Waals surface area contributed by atoms with Gasteiger partial charge >= 0.3 is 5.97 Å². The van der Waals surface area contributed by atoms with Gasteiger partial charge in [-0.1, -0.05) is 24.3 Å². The number of fused-ring (bicyclic) bond motifs is 1. The quantitative estimate of drug-likeness (QED) is 0.759. The number of ether oxygens (including phenoxy) is 3. The van der Waals surface area contributed by atoms with E-state index in [9.17, 15) is 4.79 Å². The van der Waals surface area contributed by atoms with Gasteiger partial charge in [-0.3, -0.25) is 4.90 Å². The van der Waals surface area contributed by atoms with E-state index in [0.717, 1.165) is 49.5 Å². The summed E-state index contributed by atoms with van der Waals surface area (Å²) >= 11 is 0. The summed E-state index contributed by atoms with van der Waals surface area (Å²) < 4.78 is 16.2. The summed E-state index contributed by atoms with van der Waals surface area (Å²) in [5, 5.41) is 0. The van der Waals surface area contributed by atoms with E-state index >= 15 is 0 Å². The van der Waals surface area contributed by atoms with Crippen LogP contribution in [0.4, 0.5) is 0 Å². The van der Waals surface area contributed by atoms with E-state index in [1.54, 1.807) is 0 Å². The fourth-order valence-electron chi connectivity index (χ4n) is 3.99. The molecule has 0 aliphatic carbocycles. The molecule has 2 aliphatic rings. The number of hydrogen-bond acceptors (Lipinski definition) is 5. The van der Waals surface area contributed by atoms with Gasteiger partial charge < -0.3 is 14.2 Å². The number of esters is 1. The lowest BCUT2D eigenvalue weighted by Crippen LogP contribution is -2.21. The molecule has 1 saturated heterocycles. The Hall–Kier alpha value is -2.53. The lowest BCUT2D eigenvalue weighted by molar-refractivity contribution is 0.0599. The van der Waals surface area contributed by atoms with E-state index in [0.29, 0.717) is 24.7 Å². The van der Waals surface area contributed by atoms with Gasteiger partial charge in [-0.15, -0.1) is 0 Å². The number of methoxy groups -OCH3 is 1. The minimum Gasteiger partial charge on any atom is -0.486 e. The highest BCUT2D eigenvalue weighted by molar-refractivity contribution is 5.90. The number of nitrogens with zero attached hydrogens (tertiary/aromatic N) is 1. The number of rotatable bonds is 5. The molecule has 1 unspecified atom stereocenters. The zero-order valence-corrected chi connectivity index (χ0v) is 15.6. The van der Waals surface area contributed by atoms with E-state index in [1.807, 2.05) is 30.3 Å². The molecule has 0 radical (unpaired) electrons. The van der Waals surface area contributed by atoms with Crippen LogP contribution < -0.4 is 9.47 Å². The zero-order chi connectivity index (χ0) is 18.6. The van der Waals surface area contributed by atoms with Gasteiger partial charge in [0.05, 0.1) is 12.7 Å². The first-order valence-corrected chi connectivity index (χ1v) is 9.50. The van der Waals surface area contributed by atoms with Crippen LogP contribution in [0.25, 0.3) is 0 Å². The molecule has 2 heterocycles. The largest absolute Gasteiger partial charge is 0.486 e. The first-order valence-electron chi connectivity index (χ1n) is 9.50. The van der Waals surface area contributed by atoms with Crippen LogP contribution in [0.1, 0.15) is 27.9 Å². The number of carbonyl (C=O) groups excluding carboxylic acids is 1. The highest BCUT2D eigenvalue weighted by Crippen LogP contribution is 2.32. The molecular weight excluding hydrogens is 342 g/mol. The zero-order valence-electron chi connectivity index (χ0n) is 15.6. The van der Waals surface area contributed by atoms with Crippen molar-refractivity contribution in [3.63, 3.8) is 0 Å². The van der Waals surface area contributed by atoms with Gasteiger partial charge in [0.25, 0.3) is 0 Å². The first kappa shape index (κ1) is 17.9. The molecule has 0 bridgehead atoms. The van der Waals surface area contributed by atoms with Gasteiger partial charge in [0.2, 0.25) is 0 Å². The molecule has 0 saturated carbocycles. The summed E-state index contributed by atoms with van der Waals surface area (Å²) in [4.78, 5) is 14.4. The van der Waals surface area contributed by atoms with Crippen LogP contribution in [-0.2, 0) is 17.7 Å². The van der Waals surface area contributed by atoms with Gasteiger partial charge in [-0.05, 0) is 54.6 Å². The lowest BCUT2D eigenvalue weighted by atomic mass is 9.95. The third-order valence-corrected chi connectivity index (χ3v) is 5.31. The van der Waals surface area contributed by atoms with E-state index in [2.05, 4.69) is 17.0 Å². The molecule has 1 atom stereocenters. The molecule has 1 fully saturated rings. The standard InChI is InChI=1S/C22H25NO4/c1-25-22(24)19-5-3-2-4-18(19)12-17-8-9-23(15-17)14-16-6-7-20-21(13-16)27-11-10-26-20/h2-7,13,17H,8-12,14-15H2,1H3. The second-order valence-corrected chi connectivity index (χ2v) is 7.22. The Bertz CT molecular complexity index is 820. The fourth-order valence-corrected chi connectivity index (χ4v) is 3.99. The van der Waals surface area contributed by atoms with Gasteiger partial charge in [-0.25, -0.2) is 4.79 Å². The van der Waals surface area contributed by atoms with Crippen LogP contribution in [0.2, 0.25) is 0 Å². The molecule has 0 spiro atoms. The Morgan fingerprint density at radius 1 is 1.15 bits per heavy atom. The van der Waals surface area contributed by atoms with Crippen LogP contribution in [0.3, 0.4) is 0 Å². The van der Waals surface area contributed by atoms with E-state index in [-0.39, 0.29) is 5.97 Å². The normalized spacial score (nSPS) is 19.1. The summed E-state index contributed by atoms with van der Waals surface area (Å²) in [6, 6.07) is 14.0. The highest BCUT2D eigenvalue weighted by atomic mass is 16.6.